The second-order valence-electron chi connectivity index (χ2n) is 8.13. The van der Waals surface area contributed by atoms with E-state index in [9.17, 15) is 9.18 Å². The first-order chi connectivity index (χ1) is 14.8. The van der Waals surface area contributed by atoms with Crippen LogP contribution in [0.5, 0.6) is 0 Å². The molecule has 2 rings (SSSR count). The topological polar surface area (TPSA) is 44.7 Å². The number of halogens is 1. The van der Waals surface area contributed by atoms with Crippen LogP contribution in [0.15, 0.2) is 59.7 Å². The normalized spacial score (nSPS) is 13.0. The van der Waals surface area contributed by atoms with Crippen LogP contribution in [0.2, 0.25) is 0 Å². The summed E-state index contributed by atoms with van der Waals surface area (Å²) < 4.78 is 13.8. The maximum absolute atomic E-state index is 13.8. The van der Waals surface area contributed by atoms with E-state index >= 15 is 0 Å². The number of hydrogen-bond acceptors (Lipinski definition) is 4. The molecule has 1 amide bonds. The highest BCUT2D eigenvalue weighted by molar-refractivity contribution is 8.13. The molecule has 4 nitrogen and oxygen atoms in total. The van der Waals surface area contributed by atoms with Crippen LogP contribution in [0.4, 0.5) is 4.39 Å². The lowest BCUT2D eigenvalue weighted by atomic mass is 10.00. The van der Waals surface area contributed by atoms with E-state index in [1.165, 1.54) is 23.9 Å². The van der Waals surface area contributed by atoms with Crippen molar-refractivity contribution in [3.8, 4) is 0 Å². The van der Waals surface area contributed by atoms with Crippen molar-refractivity contribution in [2.24, 2.45) is 11.0 Å². The molecule has 0 aliphatic carbocycles. The molecule has 0 radical (unpaired) electrons. The van der Waals surface area contributed by atoms with Gasteiger partial charge in [0.15, 0.2) is 0 Å². The number of hydrazone groups is 1. The van der Waals surface area contributed by atoms with Crippen LogP contribution in [0.1, 0.15) is 57.7 Å². The van der Waals surface area contributed by atoms with Gasteiger partial charge in [-0.15, -0.1) is 11.8 Å². The molecule has 1 unspecified atom stereocenters. The zero-order valence-corrected chi connectivity index (χ0v) is 20.0. The lowest BCUT2D eigenvalue weighted by Crippen LogP contribution is -2.35. The van der Waals surface area contributed by atoms with Crippen molar-refractivity contribution < 1.29 is 9.18 Å². The molecule has 6 heteroatoms. The minimum atomic E-state index is -0.319. The van der Waals surface area contributed by atoms with E-state index in [1.807, 2.05) is 56.5 Å². The van der Waals surface area contributed by atoms with Crippen LogP contribution in [0, 0.1) is 11.7 Å². The van der Waals surface area contributed by atoms with Gasteiger partial charge in [-0.25, -0.2) is 9.40 Å². The third-order valence-corrected chi connectivity index (χ3v) is 5.57. The summed E-state index contributed by atoms with van der Waals surface area (Å²) in [5, 5.41) is 10.5. The van der Waals surface area contributed by atoms with Gasteiger partial charge in [-0.1, -0.05) is 70.2 Å². The highest BCUT2D eigenvalue weighted by Gasteiger charge is 2.27. The van der Waals surface area contributed by atoms with Gasteiger partial charge in [-0.3, -0.25) is 4.79 Å². The summed E-state index contributed by atoms with van der Waals surface area (Å²) >= 11 is 1.41. The number of benzene rings is 2. The number of nitrogens with one attached hydrogen (secondary N) is 1. The highest BCUT2D eigenvalue weighted by atomic mass is 32.2. The standard InChI is InChI=1S/C25H34FN3OS/c1-18(2)25(30)29(28-24(31-5)21-13-9-14-22(26)17-21)23(15-10-16-27-19(3)4)20-11-7-6-8-12-20/h6-9,11-14,17-19,23,27H,10,15-16H2,1-5H3/b28-24-. The first-order valence-electron chi connectivity index (χ1n) is 10.8. The zero-order valence-electron chi connectivity index (χ0n) is 19.1. The monoisotopic (exact) mass is 443 g/mol. The van der Waals surface area contributed by atoms with Gasteiger partial charge >= 0.3 is 0 Å². The third kappa shape index (κ3) is 7.78. The molecule has 0 aliphatic heterocycles. The molecule has 0 saturated heterocycles. The summed E-state index contributed by atoms with van der Waals surface area (Å²) in [7, 11) is 0. The van der Waals surface area contributed by atoms with Crippen LogP contribution in [0.25, 0.3) is 0 Å². The van der Waals surface area contributed by atoms with Crippen LogP contribution in [0.3, 0.4) is 0 Å². The van der Waals surface area contributed by atoms with E-state index in [0.717, 1.165) is 24.9 Å². The predicted molar refractivity (Wildman–Crippen MR) is 130 cm³/mol. The molecule has 0 heterocycles. The Morgan fingerprint density at radius 2 is 1.81 bits per heavy atom. The first-order valence-corrected chi connectivity index (χ1v) is 12.1. The molecule has 0 spiro atoms. The van der Waals surface area contributed by atoms with Crippen molar-refractivity contribution in [3.05, 3.63) is 71.5 Å². The van der Waals surface area contributed by atoms with E-state index in [2.05, 4.69) is 19.2 Å². The van der Waals surface area contributed by atoms with Crippen LogP contribution < -0.4 is 5.32 Å². The molecule has 1 N–H and O–H groups in total. The average Bonchev–Trinajstić information content (AvgIpc) is 2.75. The van der Waals surface area contributed by atoms with E-state index in [4.69, 9.17) is 5.10 Å². The molecule has 2 aromatic rings. The van der Waals surface area contributed by atoms with Crippen molar-refractivity contribution in [2.75, 3.05) is 12.8 Å². The molecule has 0 aliphatic rings. The lowest BCUT2D eigenvalue weighted by Gasteiger charge is -2.30. The zero-order chi connectivity index (χ0) is 22.8. The van der Waals surface area contributed by atoms with Gasteiger partial charge in [0.1, 0.15) is 10.9 Å². The van der Waals surface area contributed by atoms with Gasteiger partial charge in [-0.05, 0) is 43.3 Å². The Labute approximate surface area is 190 Å². The smallest absolute Gasteiger partial charge is 0.245 e. The number of amides is 1. The number of nitrogens with zero attached hydrogens (tertiary/aromatic N) is 2. The minimum Gasteiger partial charge on any atom is -0.315 e. The van der Waals surface area contributed by atoms with E-state index in [-0.39, 0.29) is 23.7 Å². The number of rotatable bonds is 10. The van der Waals surface area contributed by atoms with Crippen molar-refractivity contribution in [1.82, 2.24) is 10.3 Å². The highest BCUT2D eigenvalue weighted by Crippen LogP contribution is 2.29. The number of thioether (sulfide) groups is 1. The fourth-order valence-corrected chi connectivity index (χ4v) is 3.80. The van der Waals surface area contributed by atoms with E-state index < -0.39 is 0 Å². The molecule has 0 aromatic heterocycles. The number of carbonyl (C=O) groups is 1. The Morgan fingerprint density at radius 3 is 2.39 bits per heavy atom. The van der Waals surface area contributed by atoms with Gasteiger partial charge in [0.25, 0.3) is 0 Å². The molecule has 0 fully saturated rings. The maximum Gasteiger partial charge on any atom is 0.245 e. The van der Waals surface area contributed by atoms with Crippen molar-refractivity contribution >= 4 is 22.7 Å². The van der Waals surface area contributed by atoms with Gasteiger partial charge in [-0.2, -0.15) is 5.10 Å². The number of hydrogen-bond donors (Lipinski definition) is 1. The summed E-state index contributed by atoms with van der Waals surface area (Å²) in [6, 6.07) is 16.6. The average molecular weight is 444 g/mol. The Hall–Kier alpha value is -2.18. The molecule has 31 heavy (non-hydrogen) atoms. The Kier molecular flexibility index (Phi) is 10.2. The van der Waals surface area contributed by atoms with Crippen LogP contribution in [-0.2, 0) is 4.79 Å². The van der Waals surface area contributed by atoms with Crippen molar-refractivity contribution in [1.29, 1.82) is 0 Å². The molecule has 0 bridgehead atoms. The SMILES string of the molecule is CS/C(=N\N(C(=O)C(C)C)C(CCCNC(C)C)c1ccccc1)c1cccc(F)c1. The van der Waals surface area contributed by atoms with Crippen LogP contribution in [-0.4, -0.2) is 34.8 Å². The molecular formula is C25H34FN3OS. The fraction of sp³-hybridized carbons (Fsp3) is 0.440. The molecular weight excluding hydrogens is 409 g/mol. The van der Waals surface area contributed by atoms with Gasteiger partial charge in [0.05, 0.1) is 6.04 Å². The van der Waals surface area contributed by atoms with Gasteiger partial charge in [0.2, 0.25) is 5.91 Å². The maximum atomic E-state index is 13.8. The first kappa shape index (κ1) is 25.1. The quantitative estimate of drug-likeness (QED) is 0.217. The van der Waals surface area contributed by atoms with Crippen LogP contribution >= 0.6 is 11.8 Å². The molecule has 1 atom stereocenters. The van der Waals surface area contributed by atoms with Gasteiger partial charge in [0, 0.05) is 17.5 Å². The second-order valence-corrected chi connectivity index (χ2v) is 8.93. The van der Waals surface area contributed by atoms with Gasteiger partial charge < -0.3 is 5.32 Å². The van der Waals surface area contributed by atoms with E-state index in [0.29, 0.717) is 16.6 Å². The molecule has 2 aromatic carbocycles. The summed E-state index contributed by atoms with van der Waals surface area (Å²) in [5.74, 6) is -0.576. The summed E-state index contributed by atoms with van der Waals surface area (Å²) in [6.07, 6.45) is 3.58. The Bertz CT molecular complexity index is 855. The summed E-state index contributed by atoms with van der Waals surface area (Å²) in [4.78, 5) is 13.3. The second kappa shape index (κ2) is 12.6. The number of carbonyl (C=O) groups excluding carboxylic acids is 1. The Morgan fingerprint density at radius 1 is 1.10 bits per heavy atom. The lowest BCUT2D eigenvalue weighted by molar-refractivity contribution is -0.137. The molecule has 168 valence electrons. The molecule has 0 saturated carbocycles. The van der Waals surface area contributed by atoms with Crippen molar-refractivity contribution in [3.63, 3.8) is 0 Å². The predicted octanol–water partition coefficient (Wildman–Crippen LogP) is 5.85. The van der Waals surface area contributed by atoms with Crippen molar-refractivity contribution in [2.45, 2.75) is 52.6 Å². The fourth-order valence-electron chi connectivity index (χ4n) is 3.26. The third-order valence-electron chi connectivity index (χ3n) is 4.87. The largest absolute Gasteiger partial charge is 0.315 e. The minimum absolute atomic E-state index is 0.0476. The Balaban J connectivity index is 2.45. The summed E-state index contributed by atoms with van der Waals surface area (Å²) in [5.41, 5.74) is 1.71. The summed E-state index contributed by atoms with van der Waals surface area (Å²) in [6.45, 7) is 8.88. The van der Waals surface area contributed by atoms with E-state index in [1.54, 1.807) is 11.1 Å².